The van der Waals surface area contributed by atoms with Gasteiger partial charge in [0.1, 0.15) is 5.82 Å². The monoisotopic (exact) mass is 336 g/mol. The Labute approximate surface area is 142 Å². The summed E-state index contributed by atoms with van der Waals surface area (Å²) in [5, 5.41) is 0.740. The van der Waals surface area contributed by atoms with Crippen LogP contribution in [0.15, 0.2) is 18.2 Å². The lowest BCUT2D eigenvalue weighted by Crippen LogP contribution is -2.47. The molecule has 0 amide bonds. The van der Waals surface area contributed by atoms with Gasteiger partial charge in [0.2, 0.25) is 0 Å². The molecular formula is C17H25ClN4O. The molecule has 3 rings (SSSR count). The fourth-order valence-electron chi connectivity index (χ4n) is 3.13. The average Bonchev–Trinajstić information content (AvgIpc) is 2.95. The first-order chi connectivity index (χ1) is 11.1. The van der Waals surface area contributed by atoms with E-state index in [2.05, 4.69) is 33.7 Å². The van der Waals surface area contributed by atoms with E-state index in [1.165, 1.54) is 0 Å². The third kappa shape index (κ3) is 4.44. The van der Waals surface area contributed by atoms with Crippen LogP contribution in [0.4, 0.5) is 0 Å². The van der Waals surface area contributed by atoms with Gasteiger partial charge in [-0.15, -0.1) is 0 Å². The lowest BCUT2D eigenvalue weighted by Gasteiger charge is -2.34. The van der Waals surface area contributed by atoms with Crippen LogP contribution in [0.5, 0.6) is 0 Å². The Hall–Kier alpha value is -1.14. The second kappa shape index (κ2) is 7.62. The quantitative estimate of drug-likeness (QED) is 0.880. The van der Waals surface area contributed by atoms with Gasteiger partial charge in [-0.25, -0.2) is 4.98 Å². The summed E-state index contributed by atoms with van der Waals surface area (Å²) in [6.07, 6.45) is 0.915. The molecule has 1 aromatic carbocycles. The van der Waals surface area contributed by atoms with E-state index in [-0.39, 0.29) is 0 Å². The predicted octanol–water partition coefficient (Wildman–Crippen LogP) is 2.41. The minimum Gasteiger partial charge on any atom is -0.379 e. The number of halogens is 1. The zero-order valence-electron chi connectivity index (χ0n) is 13.9. The van der Waals surface area contributed by atoms with Crippen LogP contribution >= 0.6 is 11.6 Å². The van der Waals surface area contributed by atoms with Gasteiger partial charge in [-0.1, -0.05) is 11.6 Å². The third-order valence-electron chi connectivity index (χ3n) is 4.47. The molecule has 1 aliphatic heterocycles. The molecule has 1 aromatic heterocycles. The molecule has 2 heterocycles. The molecule has 2 aromatic rings. The van der Waals surface area contributed by atoms with Gasteiger partial charge < -0.3 is 14.6 Å². The van der Waals surface area contributed by atoms with Gasteiger partial charge in [-0.05, 0) is 32.2 Å². The molecule has 1 atom stereocenters. The number of aromatic nitrogens is 2. The molecule has 1 N–H and O–H groups in total. The molecule has 1 saturated heterocycles. The molecule has 0 spiro atoms. The maximum atomic E-state index is 6.02. The lowest BCUT2D eigenvalue weighted by atomic mass is 10.2. The Balaban J connectivity index is 1.50. The van der Waals surface area contributed by atoms with E-state index < -0.39 is 0 Å². The topological polar surface area (TPSA) is 44.4 Å². The Kier molecular flexibility index (Phi) is 5.54. The lowest BCUT2D eigenvalue weighted by molar-refractivity contribution is 0.0142. The van der Waals surface area contributed by atoms with Crippen molar-refractivity contribution in [3.8, 4) is 0 Å². The highest BCUT2D eigenvalue weighted by atomic mass is 35.5. The van der Waals surface area contributed by atoms with Crippen LogP contribution in [0.25, 0.3) is 11.0 Å². The first-order valence-electron chi connectivity index (χ1n) is 8.26. The van der Waals surface area contributed by atoms with E-state index in [1.54, 1.807) is 0 Å². The van der Waals surface area contributed by atoms with Crippen LogP contribution in [-0.4, -0.2) is 72.3 Å². The highest BCUT2D eigenvalue weighted by Crippen LogP contribution is 2.17. The smallest absolute Gasteiger partial charge is 0.108 e. The summed E-state index contributed by atoms with van der Waals surface area (Å²) in [6.45, 7) is 8.14. The Morgan fingerprint density at radius 2 is 2.17 bits per heavy atom. The van der Waals surface area contributed by atoms with Crippen molar-refractivity contribution in [1.82, 2.24) is 19.8 Å². The van der Waals surface area contributed by atoms with Crippen molar-refractivity contribution in [3.63, 3.8) is 0 Å². The molecule has 1 aliphatic rings. The number of aromatic amines is 1. The zero-order valence-corrected chi connectivity index (χ0v) is 14.6. The van der Waals surface area contributed by atoms with Crippen LogP contribution in [0, 0.1) is 0 Å². The van der Waals surface area contributed by atoms with Gasteiger partial charge in [-0.3, -0.25) is 4.90 Å². The number of ether oxygens (including phenoxy) is 1. The number of H-pyrrole nitrogens is 1. The van der Waals surface area contributed by atoms with Crippen LogP contribution in [0.2, 0.25) is 5.02 Å². The number of rotatable bonds is 6. The molecule has 0 saturated carbocycles. The maximum Gasteiger partial charge on any atom is 0.108 e. The molecule has 0 aliphatic carbocycles. The van der Waals surface area contributed by atoms with E-state index in [1.807, 2.05) is 18.2 Å². The molecule has 23 heavy (non-hydrogen) atoms. The molecule has 0 unspecified atom stereocenters. The molecule has 5 nitrogen and oxygen atoms in total. The summed E-state index contributed by atoms with van der Waals surface area (Å²) >= 11 is 6.02. The van der Waals surface area contributed by atoms with Crippen molar-refractivity contribution >= 4 is 22.6 Å². The van der Waals surface area contributed by atoms with Crippen molar-refractivity contribution in [2.75, 3.05) is 46.4 Å². The summed E-state index contributed by atoms with van der Waals surface area (Å²) in [6, 6.07) is 6.32. The second-order valence-electron chi connectivity index (χ2n) is 6.35. The number of likely N-dealkylation sites (N-methyl/N-ethyl adjacent to an activating group) is 1. The van der Waals surface area contributed by atoms with Crippen molar-refractivity contribution in [3.05, 3.63) is 29.0 Å². The number of nitrogens with zero attached hydrogens (tertiary/aromatic N) is 3. The number of benzene rings is 1. The highest BCUT2D eigenvalue weighted by molar-refractivity contribution is 6.31. The summed E-state index contributed by atoms with van der Waals surface area (Å²) in [7, 11) is 2.18. The van der Waals surface area contributed by atoms with Crippen LogP contribution in [-0.2, 0) is 11.2 Å². The minimum atomic E-state index is 0.554. The van der Waals surface area contributed by atoms with Crippen molar-refractivity contribution < 1.29 is 4.74 Å². The predicted molar refractivity (Wildman–Crippen MR) is 94.2 cm³/mol. The summed E-state index contributed by atoms with van der Waals surface area (Å²) in [5.41, 5.74) is 1.99. The van der Waals surface area contributed by atoms with Crippen molar-refractivity contribution in [2.24, 2.45) is 0 Å². The molecular weight excluding hydrogens is 312 g/mol. The summed E-state index contributed by atoms with van der Waals surface area (Å²) < 4.78 is 5.42. The van der Waals surface area contributed by atoms with Gasteiger partial charge in [0.05, 0.1) is 24.2 Å². The van der Waals surface area contributed by atoms with Crippen LogP contribution < -0.4 is 0 Å². The SMILES string of the molecule is C[C@H](CN(C)CCc1nc2ccc(Cl)cc2[nH]1)N1CCOCC1. The number of hydrogen-bond donors (Lipinski definition) is 1. The van der Waals surface area contributed by atoms with Crippen LogP contribution in [0.3, 0.4) is 0 Å². The first-order valence-corrected chi connectivity index (χ1v) is 8.64. The maximum absolute atomic E-state index is 6.02. The summed E-state index contributed by atoms with van der Waals surface area (Å²) in [5.74, 6) is 1.02. The number of morpholine rings is 1. The number of fused-ring (bicyclic) bond motifs is 1. The largest absolute Gasteiger partial charge is 0.379 e. The Morgan fingerprint density at radius 3 is 2.96 bits per heavy atom. The average molecular weight is 337 g/mol. The fourth-order valence-corrected chi connectivity index (χ4v) is 3.30. The van der Waals surface area contributed by atoms with Crippen molar-refractivity contribution in [1.29, 1.82) is 0 Å². The van der Waals surface area contributed by atoms with E-state index >= 15 is 0 Å². The Morgan fingerprint density at radius 1 is 1.39 bits per heavy atom. The van der Waals surface area contributed by atoms with Gasteiger partial charge >= 0.3 is 0 Å². The minimum absolute atomic E-state index is 0.554. The van der Waals surface area contributed by atoms with E-state index in [0.29, 0.717) is 6.04 Å². The van der Waals surface area contributed by atoms with Crippen LogP contribution in [0.1, 0.15) is 12.7 Å². The number of nitrogens with one attached hydrogen (secondary N) is 1. The molecule has 1 fully saturated rings. The molecule has 0 bridgehead atoms. The highest BCUT2D eigenvalue weighted by Gasteiger charge is 2.18. The second-order valence-corrected chi connectivity index (χ2v) is 6.79. The standard InChI is InChI=1S/C17H25ClN4O/c1-13(22-7-9-23-10-8-22)12-21(2)6-5-17-19-15-4-3-14(18)11-16(15)20-17/h3-4,11,13H,5-10,12H2,1-2H3,(H,19,20)/t13-/m1/s1. The van der Waals surface area contributed by atoms with Gasteiger partial charge in [0, 0.05) is 43.7 Å². The zero-order chi connectivity index (χ0) is 16.2. The normalized spacial score (nSPS) is 17.9. The van der Waals surface area contributed by atoms with E-state index in [0.717, 1.165) is 67.7 Å². The van der Waals surface area contributed by atoms with E-state index in [9.17, 15) is 0 Å². The molecule has 6 heteroatoms. The summed E-state index contributed by atoms with van der Waals surface area (Å²) in [4.78, 5) is 12.9. The van der Waals surface area contributed by atoms with Gasteiger partial charge in [0.15, 0.2) is 0 Å². The fraction of sp³-hybridized carbons (Fsp3) is 0.588. The molecule has 126 valence electrons. The first kappa shape index (κ1) is 16.7. The number of hydrogen-bond acceptors (Lipinski definition) is 4. The van der Waals surface area contributed by atoms with Gasteiger partial charge in [0.25, 0.3) is 0 Å². The number of imidazole rings is 1. The van der Waals surface area contributed by atoms with Crippen molar-refractivity contribution in [2.45, 2.75) is 19.4 Å². The van der Waals surface area contributed by atoms with Gasteiger partial charge in [-0.2, -0.15) is 0 Å². The third-order valence-corrected chi connectivity index (χ3v) is 4.70. The Bertz CT molecular complexity index is 639. The van der Waals surface area contributed by atoms with E-state index in [4.69, 9.17) is 16.3 Å². The molecule has 0 radical (unpaired) electrons.